The molecule has 0 bridgehead atoms. The number of sulfonamides is 1. The second-order valence-electron chi connectivity index (χ2n) is 8.21. The molecule has 0 aliphatic carbocycles. The molecule has 2 unspecified atom stereocenters. The van der Waals surface area contributed by atoms with Gasteiger partial charge in [0.25, 0.3) is 0 Å². The van der Waals surface area contributed by atoms with Gasteiger partial charge in [0.2, 0.25) is 15.9 Å². The molecule has 4 rings (SSSR count). The zero-order valence-electron chi connectivity index (χ0n) is 18.3. The van der Waals surface area contributed by atoms with Crippen molar-refractivity contribution >= 4 is 44.0 Å². The predicted molar refractivity (Wildman–Crippen MR) is 129 cm³/mol. The summed E-state index contributed by atoms with van der Waals surface area (Å²) in [4.78, 5) is 14.7. The predicted octanol–water partition coefficient (Wildman–Crippen LogP) is 4.47. The lowest BCUT2D eigenvalue weighted by Gasteiger charge is -2.21. The van der Waals surface area contributed by atoms with Gasteiger partial charge in [-0.2, -0.15) is 0 Å². The number of carbonyl (C=O) groups excluding carboxylic acids is 1. The number of nitrogens with zero attached hydrogens (tertiary/aromatic N) is 1. The molecular weight excluding hydrogens is 465 g/mol. The fourth-order valence-corrected chi connectivity index (χ4v) is 5.53. The molecule has 0 saturated carbocycles. The number of nitrogens with one attached hydrogen (secondary N) is 1. The molecule has 3 aromatic carbocycles. The molecule has 1 aliphatic rings. The fraction of sp³-hybridized carbons (Fsp3) is 0.292. The molecule has 0 radical (unpaired) electrons. The standard InChI is InChI=1S/C24H25ClFN3O3S/c1-3-28-14(2)15-4-8-21(20(26)13-15)29-11-10-19(24(29)30)23-18-7-6-17(25)12-16(18)5-9-22(23)33(27,31)32/h4-9,12-14,19,28H,3,10-11H2,1-2H3,(H2,27,31,32). The molecule has 1 saturated heterocycles. The highest BCUT2D eigenvalue weighted by atomic mass is 35.5. The average molecular weight is 490 g/mol. The van der Waals surface area contributed by atoms with E-state index < -0.39 is 21.8 Å². The summed E-state index contributed by atoms with van der Waals surface area (Å²) < 4.78 is 39.7. The quantitative estimate of drug-likeness (QED) is 0.534. The molecule has 0 spiro atoms. The second-order valence-corrected chi connectivity index (χ2v) is 10.2. The van der Waals surface area contributed by atoms with Crippen molar-refractivity contribution in [1.82, 2.24) is 5.32 Å². The highest BCUT2D eigenvalue weighted by molar-refractivity contribution is 7.89. The van der Waals surface area contributed by atoms with Crippen LogP contribution in [0.25, 0.3) is 10.8 Å². The van der Waals surface area contributed by atoms with Crippen LogP contribution in [0, 0.1) is 5.82 Å². The van der Waals surface area contributed by atoms with Crippen molar-refractivity contribution in [3.8, 4) is 0 Å². The van der Waals surface area contributed by atoms with Gasteiger partial charge in [-0.1, -0.05) is 36.7 Å². The number of hydrogen-bond donors (Lipinski definition) is 2. The van der Waals surface area contributed by atoms with Crippen LogP contribution >= 0.6 is 11.6 Å². The molecule has 1 amide bonds. The molecule has 1 heterocycles. The van der Waals surface area contributed by atoms with Crippen LogP contribution in [-0.2, 0) is 14.8 Å². The summed E-state index contributed by atoms with van der Waals surface area (Å²) in [6.07, 6.45) is 0.331. The van der Waals surface area contributed by atoms with Gasteiger partial charge in [0.05, 0.1) is 16.5 Å². The summed E-state index contributed by atoms with van der Waals surface area (Å²) in [5, 5.41) is 10.5. The van der Waals surface area contributed by atoms with Crippen LogP contribution in [-0.4, -0.2) is 27.4 Å². The second kappa shape index (κ2) is 9.02. The third-order valence-corrected chi connectivity index (χ3v) is 7.32. The van der Waals surface area contributed by atoms with E-state index in [4.69, 9.17) is 16.7 Å². The number of hydrogen-bond acceptors (Lipinski definition) is 4. The number of amides is 1. The van der Waals surface area contributed by atoms with Crippen LogP contribution in [0.3, 0.4) is 0 Å². The van der Waals surface area contributed by atoms with Crippen molar-refractivity contribution in [2.45, 2.75) is 37.1 Å². The molecule has 3 N–H and O–H groups in total. The summed E-state index contributed by atoms with van der Waals surface area (Å²) in [7, 11) is -4.09. The van der Waals surface area contributed by atoms with Gasteiger partial charge in [0.1, 0.15) is 5.82 Å². The fourth-order valence-electron chi connectivity index (χ4n) is 4.53. The SMILES string of the molecule is CCNC(C)c1ccc(N2CCC(c3c(S(N)(=O)=O)ccc4cc(Cl)ccc34)C2=O)c(F)c1. The molecule has 9 heteroatoms. The average Bonchev–Trinajstić information content (AvgIpc) is 3.12. The smallest absolute Gasteiger partial charge is 0.238 e. The maximum atomic E-state index is 15.0. The summed E-state index contributed by atoms with van der Waals surface area (Å²) in [5.74, 6) is -1.64. The number of nitrogens with two attached hydrogens (primary N) is 1. The van der Waals surface area contributed by atoms with E-state index in [1.807, 2.05) is 13.8 Å². The van der Waals surface area contributed by atoms with Crippen LogP contribution in [0.15, 0.2) is 53.4 Å². The minimum atomic E-state index is -4.09. The normalized spacial score (nSPS) is 17.7. The summed E-state index contributed by atoms with van der Waals surface area (Å²) in [6, 6.07) is 12.8. The number of primary sulfonamides is 1. The van der Waals surface area contributed by atoms with E-state index in [1.165, 1.54) is 17.0 Å². The first-order chi connectivity index (χ1) is 15.6. The van der Waals surface area contributed by atoms with Crippen molar-refractivity contribution in [3.05, 3.63) is 70.5 Å². The number of carbonyl (C=O) groups is 1. The van der Waals surface area contributed by atoms with Crippen LogP contribution in [0.2, 0.25) is 5.02 Å². The van der Waals surface area contributed by atoms with Gasteiger partial charge in [-0.05, 0) is 72.1 Å². The van der Waals surface area contributed by atoms with Crippen molar-refractivity contribution in [1.29, 1.82) is 0 Å². The van der Waals surface area contributed by atoms with Gasteiger partial charge in [0, 0.05) is 17.6 Å². The lowest BCUT2D eigenvalue weighted by atomic mass is 9.92. The van der Waals surface area contributed by atoms with Crippen molar-refractivity contribution < 1.29 is 17.6 Å². The lowest BCUT2D eigenvalue weighted by molar-refractivity contribution is -0.118. The molecule has 2 atom stereocenters. The molecule has 1 aliphatic heterocycles. The van der Waals surface area contributed by atoms with Gasteiger partial charge in [-0.3, -0.25) is 4.79 Å². The molecule has 1 fully saturated rings. The lowest BCUT2D eigenvalue weighted by Crippen LogP contribution is -2.28. The molecule has 33 heavy (non-hydrogen) atoms. The van der Waals surface area contributed by atoms with E-state index in [0.29, 0.717) is 27.8 Å². The van der Waals surface area contributed by atoms with Gasteiger partial charge < -0.3 is 10.2 Å². The number of rotatable bonds is 6. The van der Waals surface area contributed by atoms with Gasteiger partial charge in [-0.15, -0.1) is 0 Å². The van der Waals surface area contributed by atoms with E-state index in [9.17, 15) is 13.2 Å². The first-order valence-electron chi connectivity index (χ1n) is 10.7. The Morgan fingerprint density at radius 2 is 1.97 bits per heavy atom. The minimum absolute atomic E-state index is 0.0274. The number of benzene rings is 3. The van der Waals surface area contributed by atoms with E-state index in [1.54, 1.807) is 36.4 Å². The Hall–Kier alpha value is -2.52. The Balaban J connectivity index is 1.76. The zero-order chi connectivity index (χ0) is 23.9. The first kappa shape index (κ1) is 23.6. The van der Waals surface area contributed by atoms with Gasteiger partial charge in [0.15, 0.2) is 0 Å². The largest absolute Gasteiger partial charge is 0.310 e. The Morgan fingerprint density at radius 1 is 1.21 bits per heavy atom. The van der Waals surface area contributed by atoms with E-state index in [-0.39, 0.29) is 29.1 Å². The molecule has 0 aromatic heterocycles. The Morgan fingerprint density at radius 3 is 2.64 bits per heavy atom. The molecule has 3 aromatic rings. The van der Waals surface area contributed by atoms with Crippen LogP contribution in [0.1, 0.15) is 43.4 Å². The molecular formula is C24H25ClFN3O3S. The summed E-state index contributed by atoms with van der Waals surface area (Å²) >= 11 is 6.10. The van der Waals surface area contributed by atoms with E-state index >= 15 is 4.39 Å². The summed E-state index contributed by atoms with van der Waals surface area (Å²) in [6.45, 7) is 4.92. The topological polar surface area (TPSA) is 92.5 Å². The minimum Gasteiger partial charge on any atom is -0.310 e. The van der Waals surface area contributed by atoms with Crippen LogP contribution in [0.5, 0.6) is 0 Å². The highest BCUT2D eigenvalue weighted by Gasteiger charge is 2.38. The highest BCUT2D eigenvalue weighted by Crippen LogP contribution is 2.40. The Labute approximate surface area is 197 Å². The Kier molecular flexibility index (Phi) is 6.46. The maximum Gasteiger partial charge on any atom is 0.238 e. The maximum absolute atomic E-state index is 15.0. The zero-order valence-corrected chi connectivity index (χ0v) is 19.9. The van der Waals surface area contributed by atoms with Crippen LogP contribution < -0.4 is 15.4 Å². The Bertz CT molecular complexity index is 1350. The van der Waals surface area contributed by atoms with Gasteiger partial charge in [-0.25, -0.2) is 17.9 Å². The molecule has 174 valence electrons. The number of halogens is 2. The number of fused-ring (bicyclic) bond motifs is 1. The van der Waals surface area contributed by atoms with E-state index in [2.05, 4.69) is 5.32 Å². The summed E-state index contributed by atoms with van der Waals surface area (Å²) in [5.41, 5.74) is 1.29. The number of anilines is 1. The van der Waals surface area contributed by atoms with Crippen molar-refractivity contribution in [2.24, 2.45) is 5.14 Å². The van der Waals surface area contributed by atoms with Crippen molar-refractivity contribution in [2.75, 3.05) is 18.0 Å². The molecule has 6 nitrogen and oxygen atoms in total. The first-order valence-corrected chi connectivity index (χ1v) is 12.6. The van der Waals surface area contributed by atoms with Gasteiger partial charge >= 0.3 is 0 Å². The van der Waals surface area contributed by atoms with E-state index in [0.717, 1.165) is 12.1 Å². The third-order valence-electron chi connectivity index (χ3n) is 6.12. The van der Waals surface area contributed by atoms with Crippen LogP contribution in [0.4, 0.5) is 10.1 Å². The van der Waals surface area contributed by atoms with Crippen molar-refractivity contribution in [3.63, 3.8) is 0 Å². The monoisotopic (exact) mass is 489 g/mol. The third kappa shape index (κ3) is 4.48.